The summed E-state index contributed by atoms with van der Waals surface area (Å²) in [5.74, 6) is -0.265. The van der Waals surface area contributed by atoms with Crippen molar-refractivity contribution in [1.82, 2.24) is 10.6 Å². The summed E-state index contributed by atoms with van der Waals surface area (Å²) in [4.78, 5) is 24.3. The first-order valence-electron chi connectivity index (χ1n) is 9.20. The molecule has 7 heteroatoms. The molecule has 0 unspecified atom stereocenters. The Hall–Kier alpha value is -1.79. The Morgan fingerprint density at radius 2 is 2.00 bits per heavy atom. The van der Waals surface area contributed by atoms with Crippen LogP contribution in [-0.2, 0) is 9.53 Å². The lowest BCUT2D eigenvalue weighted by Crippen LogP contribution is -2.36. The van der Waals surface area contributed by atoms with Gasteiger partial charge in [0.1, 0.15) is 0 Å². The zero-order valence-corrected chi connectivity index (χ0v) is 16.0. The van der Waals surface area contributed by atoms with Gasteiger partial charge >= 0.3 is 0 Å². The molecule has 0 atom stereocenters. The van der Waals surface area contributed by atoms with Gasteiger partial charge in [0, 0.05) is 32.0 Å². The number of nitrogens with one attached hydrogen (secondary N) is 3. The minimum Gasteiger partial charge on any atom is -0.385 e. The molecule has 3 N–H and O–H groups in total. The molecule has 2 amide bonds. The number of carbonyl (C=O) groups excluding carboxylic acids is 2. The van der Waals surface area contributed by atoms with Gasteiger partial charge in [-0.15, -0.1) is 0 Å². The second kappa shape index (κ2) is 11.0. The van der Waals surface area contributed by atoms with Gasteiger partial charge in [0.15, 0.2) is 0 Å². The topological polar surface area (TPSA) is 79.5 Å². The van der Waals surface area contributed by atoms with Crippen LogP contribution in [0.5, 0.6) is 0 Å². The van der Waals surface area contributed by atoms with Gasteiger partial charge in [-0.3, -0.25) is 9.59 Å². The van der Waals surface area contributed by atoms with Crippen LogP contribution in [0.1, 0.15) is 48.9 Å². The van der Waals surface area contributed by atoms with Gasteiger partial charge in [-0.25, -0.2) is 0 Å². The van der Waals surface area contributed by atoms with Crippen molar-refractivity contribution in [2.75, 3.05) is 32.1 Å². The maximum absolute atomic E-state index is 12.5. The van der Waals surface area contributed by atoms with Gasteiger partial charge in [-0.05, 0) is 37.5 Å². The van der Waals surface area contributed by atoms with E-state index < -0.39 is 0 Å². The lowest BCUT2D eigenvalue weighted by atomic mass is 9.95. The molecule has 1 aliphatic rings. The van der Waals surface area contributed by atoms with Crippen LogP contribution in [0.3, 0.4) is 0 Å². The summed E-state index contributed by atoms with van der Waals surface area (Å²) in [6.07, 6.45) is 6.35. The van der Waals surface area contributed by atoms with Crippen molar-refractivity contribution in [2.24, 2.45) is 0 Å². The van der Waals surface area contributed by atoms with E-state index >= 15 is 0 Å². The van der Waals surface area contributed by atoms with Crippen molar-refractivity contribution in [3.05, 3.63) is 28.8 Å². The van der Waals surface area contributed by atoms with Gasteiger partial charge in [0.05, 0.1) is 17.1 Å². The fraction of sp³-hybridized carbons (Fsp3) is 0.579. The summed E-state index contributed by atoms with van der Waals surface area (Å²) in [6.45, 7) is 1.33. The number of hydrogen-bond acceptors (Lipinski definition) is 4. The second-order valence-electron chi connectivity index (χ2n) is 6.55. The minimum atomic E-state index is -0.158. The highest BCUT2D eigenvalue weighted by atomic mass is 35.5. The Kier molecular flexibility index (Phi) is 8.71. The number of ether oxygens (including phenoxy) is 1. The summed E-state index contributed by atoms with van der Waals surface area (Å²) >= 11 is 6.19. The van der Waals surface area contributed by atoms with Gasteiger partial charge < -0.3 is 20.7 Å². The number of halogens is 1. The predicted octanol–water partition coefficient (Wildman–Crippen LogP) is 2.97. The fourth-order valence-electron chi connectivity index (χ4n) is 3.01. The molecule has 0 saturated heterocycles. The molecule has 2 rings (SSSR count). The number of methoxy groups -OCH3 is 1. The lowest BCUT2D eigenvalue weighted by molar-refractivity contribution is -0.119. The molecule has 0 aliphatic heterocycles. The molecule has 0 radical (unpaired) electrons. The summed E-state index contributed by atoms with van der Waals surface area (Å²) in [5, 5.41) is 9.31. The first kappa shape index (κ1) is 20.5. The molecule has 0 spiro atoms. The van der Waals surface area contributed by atoms with Crippen LogP contribution in [0.15, 0.2) is 18.2 Å². The van der Waals surface area contributed by atoms with Crippen molar-refractivity contribution in [1.29, 1.82) is 0 Å². The largest absolute Gasteiger partial charge is 0.385 e. The molecule has 0 heterocycles. The van der Waals surface area contributed by atoms with Crippen LogP contribution in [0.4, 0.5) is 5.69 Å². The van der Waals surface area contributed by atoms with Gasteiger partial charge in [0.2, 0.25) is 5.91 Å². The molecule has 1 saturated carbocycles. The van der Waals surface area contributed by atoms with E-state index in [-0.39, 0.29) is 24.4 Å². The van der Waals surface area contributed by atoms with E-state index in [2.05, 4.69) is 16.0 Å². The van der Waals surface area contributed by atoms with E-state index in [0.717, 1.165) is 32.1 Å². The van der Waals surface area contributed by atoms with E-state index in [1.165, 1.54) is 6.42 Å². The highest BCUT2D eigenvalue weighted by Crippen LogP contribution is 2.22. The van der Waals surface area contributed by atoms with E-state index in [1.807, 2.05) is 0 Å². The number of rotatable bonds is 9. The molecule has 144 valence electrons. The van der Waals surface area contributed by atoms with E-state index in [0.29, 0.717) is 29.4 Å². The van der Waals surface area contributed by atoms with Gasteiger partial charge in [-0.2, -0.15) is 0 Å². The fourth-order valence-corrected chi connectivity index (χ4v) is 3.21. The Balaban J connectivity index is 1.85. The summed E-state index contributed by atoms with van der Waals surface area (Å²) in [7, 11) is 1.63. The first-order valence-corrected chi connectivity index (χ1v) is 9.58. The third kappa shape index (κ3) is 6.84. The molecule has 1 aromatic carbocycles. The summed E-state index contributed by atoms with van der Waals surface area (Å²) in [6, 6.07) is 5.36. The van der Waals surface area contributed by atoms with Crippen molar-refractivity contribution < 1.29 is 14.3 Å². The molecule has 26 heavy (non-hydrogen) atoms. The van der Waals surface area contributed by atoms with Crippen LogP contribution < -0.4 is 16.0 Å². The van der Waals surface area contributed by atoms with Crippen molar-refractivity contribution in [3.63, 3.8) is 0 Å². The van der Waals surface area contributed by atoms with Crippen LogP contribution in [0, 0.1) is 0 Å². The molecule has 1 fully saturated rings. The maximum atomic E-state index is 12.5. The molecule has 0 aromatic heterocycles. The summed E-state index contributed by atoms with van der Waals surface area (Å²) in [5.41, 5.74) is 1.12. The zero-order chi connectivity index (χ0) is 18.8. The smallest absolute Gasteiger partial charge is 0.253 e. The van der Waals surface area contributed by atoms with Crippen LogP contribution >= 0.6 is 11.6 Å². The predicted molar refractivity (Wildman–Crippen MR) is 104 cm³/mol. The maximum Gasteiger partial charge on any atom is 0.253 e. The van der Waals surface area contributed by atoms with Crippen molar-refractivity contribution in [3.8, 4) is 0 Å². The number of hydrogen-bond donors (Lipinski definition) is 3. The minimum absolute atomic E-state index is 0.107. The average Bonchev–Trinajstić information content (AvgIpc) is 2.65. The van der Waals surface area contributed by atoms with Crippen LogP contribution in [-0.4, -0.2) is 44.7 Å². The first-order chi connectivity index (χ1) is 12.6. The van der Waals surface area contributed by atoms with Gasteiger partial charge in [-0.1, -0.05) is 30.9 Å². The van der Waals surface area contributed by atoms with E-state index in [4.69, 9.17) is 16.3 Å². The molecule has 0 bridgehead atoms. The average molecular weight is 382 g/mol. The number of anilines is 1. The molecule has 6 nitrogen and oxygen atoms in total. The zero-order valence-electron chi connectivity index (χ0n) is 15.3. The Morgan fingerprint density at radius 1 is 1.23 bits per heavy atom. The normalized spacial score (nSPS) is 14.7. The number of benzene rings is 1. The molecule has 1 aromatic rings. The Morgan fingerprint density at radius 3 is 2.73 bits per heavy atom. The summed E-state index contributed by atoms with van der Waals surface area (Å²) < 4.78 is 4.94. The highest BCUT2D eigenvalue weighted by molar-refractivity contribution is 6.34. The molecular formula is C19H28ClN3O3. The van der Waals surface area contributed by atoms with E-state index in [1.54, 1.807) is 25.3 Å². The van der Waals surface area contributed by atoms with Gasteiger partial charge in [0.25, 0.3) is 5.91 Å². The van der Waals surface area contributed by atoms with Crippen molar-refractivity contribution in [2.45, 2.75) is 44.6 Å². The molecule has 1 aliphatic carbocycles. The monoisotopic (exact) mass is 381 g/mol. The lowest BCUT2D eigenvalue weighted by Gasteiger charge is -2.23. The SMILES string of the molecule is COCCCNC(=O)CNc1ccc(Cl)c(C(=O)NC2CCCCC2)c1. The van der Waals surface area contributed by atoms with Crippen LogP contribution in [0.2, 0.25) is 5.02 Å². The molecular weight excluding hydrogens is 354 g/mol. The third-order valence-corrected chi connectivity index (χ3v) is 4.78. The quantitative estimate of drug-likeness (QED) is 0.574. The van der Waals surface area contributed by atoms with Crippen LogP contribution in [0.25, 0.3) is 0 Å². The third-order valence-electron chi connectivity index (χ3n) is 4.45. The Labute approximate surface area is 160 Å². The van der Waals surface area contributed by atoms with E-state index in [9.17, 15) is 9.59 Å². The number of carbonyl (C=O) groups is 2. The number of amides is 2. The Bertz CT molecular complexity index is 604. The standard InChI is InChI=1S/C19H28ClN3O3/c1-26-11-5-10-21-18(24)13-22-15-8-9-17(20)16(12-15)19(25)23-14-6-3-2-4-7-14/h8-9,12,14,22H,2-7,10-11,13H2,1H3,(H,21,24)(H,23,25). The highest BCUT2D eigenvalue weighted by Gasteiger charge is 2.18. The second-order valence-corrected chi connectivity index (χ2v) is 6.96. The van der Waals surface area contributed by atoms with Crippen molar-refractivity contribution >= 4 is 29.1 Å².